The van der Waals surface area contributed by atoms with Crippen LogP contribution >= 0.6 is 0 Å². The van der Waals surface area contributed by atoms with Gasteiger partial charge in [-0.05, 0) is 37.3 Å². The lowest BCUT2D eigenvalue weighted by molar-refractivity contribution is -0.128. The minimum absolute atomic E-state index is 0.222. The van der Waals surface area contributed by atoms with Crippen LogP contribution in [0.1, 0.15) is 18.6 Å². The minimum Gasteiger partial charge on any atom is -0.386 e. The number of benzene rings is 2. The van der Waals surface area contributed by atoms with E-state index in [0.717, 1.165) is 34.1 Å². The molecule has 2 aromatic carbocycles. The number of hydrogen-bond acceptors (Lipinski definition) is 3. The molecule has 136 valence electrons. The van der Waals surface area contributed by atoms with E-state index < -0.39 is 48.1 Å². The Labute approximate surface area is 147 Å². The first-order valence-corrected chi connectivity index (χ1v) is 7.82. The van der Waals surface area contributed by atoms with E-state index in [1.54, 1.807) is 0 Å². The third kappa shape index (κ3) is 3.15. The average molecular weight is 364 g/mol. The van der Waals surface area contributed by atoms with Gasteiger partial charge in [0.25, 0.3) is 5.91 Å². The molecule has 0 saturated carbocycles. The van der Waals surface area contributed by atoms with Gasteiger partial charge in [-0.2, -0.15) is 0 Å². The zero-order chi connectivity index (χ0) is 19.0. The summed E-state index contributed by atoms with van der Waals surface area (Å²) in [7, 11) is 0. The minimum atomic E-state index is -1.51. The van der Waals surface area contributed by atoms with Crippen molar-refractivity contribution in [1.82, 2.24) is 4.90 Å². The lowest BCUT2D eigenvalue weighted by Gasteiger charge is -2.21. The van der Waals surface area contributed by atoms with Crippen molar-refractivity contribution in [1.29, 1.82) is 0 Å². The second kappa shape index (κ2) is 6.80. The highest BCUT2D eigenvalue weighted by molar-refractivity contribution is 6.14. The molecule has 1 fully saturated rings. The third-order valence-electron chi connectivity index (χ3n) is 4.23. The Balaban J connectivity index is 1.83. The second-order valence-electron chi connectivity index (χ2n) is 5.94. The van der Waals surface area contributed by atoms with Crippen LogP contribution in [0.25, 0.3) is 0 Å². The molecule has 2 atom stereocenters. The Morgan fingerprint density at radius 2 is 1.65 bits per heavy atom. The maximum Gasteiger partial charge on any atom is 0.332 e. The van der Waals surface area contributed by atoms with E-state index in [-0.39, 0.29) is 5.56 Å². The molecule has 8 heteroatoms. The van der Waals surface area contributed by atoms with Crippen molar-refractivity contribution in [3.05, 3.63) is 65.5 Å². The number of imide groups is 1. The molecule has 26 heavy (non-hydrogen) atoms. The van der Waals surface area contributed by atoms with Gasteiger partial charge in [0.1, 0.15) is 23.5 Å². The van der Waals surface area contributed by atoms with Gasteiger partial charge in [-0.25, -0.2) is 18.0 Å². The molecule has 0 bridgehead atoms. The molecule has 0 aliphatic carbocycles. The summed E-state index contributed by atoms with van der Waals surface area (Å²) in [4.78, 5) is 26.9. The summed E-state index contributed by atoms with van der Waals surface area (Å²) in [5, 5.41) is 10.2. The zero-order valence-electron chi connectivity index (χ0n) is 13.7. The number of carbonyl (C=O) groups is 2. The predicted molar refractivity (Wildman–Crippen MR) is 86.8 cm³/mol. The first-order valence-electron chi connectivity index (χ1n) is 7.82. The lowest BCUT2D eigenvalue weighted by atomic mass is 10.1. The van der Waals surface area contributed by atoms with Crippen molar-refractivity contribution in [2.45, 2.75) is 19.1 Å². The molecule has 5 nitrogen and oxygen atoms in total. The molecule has 1 aliphatic heterocycles. The quantitative estimate of drug-likeness (QED) is 0.849. The molecule has 0 spiro atoms. The summed E-state index contributed by atoms with van der Waals surface area (Å²) in [6, 6.07) is 6.10. The summed E-state index contributed by atoms with van der Waals surface area (Å²) in [5.41, 5.74) is 0.0992. The fourth-order valence-corrected chi connectivity index (χ4v) is 2.87. The van der Waals surface area contributed by atoms with Gasteiger partial charge in [-0.1, -0.05) is 6.07 Å². The van der Waals surface area contributed by atoms with E-state index in [1.807, 2.05) is 0 Å². The van der Waals surface area contributed by atoms with Gasteiger partial charge in [0, 0.05) is 17.3 Å². The molecule has 3 rings (SSSR count). The van der Waals surface area contributed by atoms with Gasteiger partial charge in [-0.3, -0.25) is 14.6 Å². The molecule has 1 N–H and O–H groups in total. The lowest BCUT2D eigenvalue weighted by Crippen LogP contribution is -2.36. The van der Waals surface area contributed by atoms with E-state index >= 15 is 0 Å². The molecule has 2 aromatic rings. The van der Waals surface area contributed by atoms with E-state index in [1.165, 1.54) is 19.1 Å². The van der Waals surface area contributed by atoms with Crippen LogP contribution in [-0.4, -0.2) is 34.5 Å². The topological polar surface area (TPSA) is 60.9 Å². The van der Waals surface area contributed by atoms with Crippen molar-refractivity contribution in [3.63, 3.8) is 0 Å². The van der Waals surface area contributed by atoms with Gasteiger partial charge in [-0.15, -0.1) is 0 Å². The fourth-order valence-electron chi connectivity index (χ4n) is 2.87. The standard InChI is InChI=1S/C18H15F3N2O3/c1-10-17(25)22(9-16(24)14-7-4-12(20)8-15(14)21)18(26)23(10)13-5-2-11(19)3-6-13/h2-8,10,16,24H,9H2,1H3/t10-,16+/m0/s1. The van der Waals surface area contributed by atoms with Crippen LogP contribution in [0.2, 0.25) is 0 Å². The molecule has 0 aromatic heterocycles. The number of carbonyl (C=O) groups excluding carboxylic acids is 2. The van der Waals surface area contributed by atoms with Gasteiger partial charge >= 0.3 is 6.03 Å². The van der Waals surface area contributed by atoms with Crippen molar-refractivity contribution in [2.24, 2.45) is 0 Å². The molecular formula is C18H15F3N2O3. The van der Waals surface area contributed by atoms with Gasteiger partial charge in [0.05, 0.1) is 12.6 Å². The van der Waals surface area contributed by atoms with Gasteiger partial charge < -0.3 is 5.11 Å². The number of hydrogen-bond donors (Lipinski definition) is 1. The monoisotopic (exact) mass is 364 g/mol. The van der Waals surface area contributed by atoms with Gasteiger partial charge in [0.15, 0.2) is 0 Å². The largest absolute Gasteiger partial charge is 0.386 e. The summed E-state index contributed by atoms with van der Waals surface area (Å²) >= 11 is 0. The summed E-state index contributed by atoms with van der Waals surface area (Å²) < 4.78 is 39.8. The number of aliphatic hydroxyl groups is 1. The number of halogens is 3. The summed E-state index contributed by atoms with van der Waals surface area (Å²) in [6.07, 6.45) is -1.51. The van der Waals surface area contributed by atoms with Crippen molar-refractivity contribution >= 4 is 17.6 Å². The fraction of sp³-hybridized carbons (Fsp3) is 0.222. The highest BCUT2D eigenvalue weighted by Gasteiger charge is 2.44. The molecule has 1 saturated heterocycles. The Hall–Kier alpha value is -2.87. The van der Waals surface area contributed by atoms with Crippen molar-refractivity contribution in [3.8, 4) is 0 Å². The molecule has 3 amide bonds. The van der Waals surface area contributed by atoms with Gasteiger partial charge in [0.2, 0.25) is 0 Å². The maximum absolute atomic E-state index is 13.8. The number of nitrogens with zero attached hydrogens (tertiary/aromatic N) is 2. The number of rotatable bonds is 4. The number of amides is 3. The van der Waals surface area contributed by atoms with Crippen molar-refractivity contribution < 1.29 is 27.9 Å². The average Bonchev–Trinajstić information content (AvgIpc) is 2.79. The summed E-state index contributed by atoms with van der Waals surface area (Å²) in [5.74, 6) is -2.85. The van der Waals surface area contributed by atoms with E-state index in [9.17, 15) is 27.9 Å². The smallest absolute Gasteiger partial charge is 0.332 e. The number of β-amino-alcohol motifs (C(OH)–C–C–N with tert-alkyl or cyclic N) is 1. The zero-order valence-corrected chi connectivity index (χ0v) is 13.7. The van der Waals surface area contributed by atoms with Crippen LogP contribution in [0.5, 0.6) is 0 Å². The number of anilines is 1. The van der Waals surface area contributed by atoms with Crippen LogP contribution < -0.4 is 4.90 Å². The highest BCUT2D eigenvalue weighted by atomic mass is 19.1. The van der Waals surface area contributed by atoms with Crippen LogP contribution in [0.15, 0.2) is 42.5 Å². The Bertz CT molecular complexity index is 857. The van der Waals surface area contributed by atoms with Crippen LogP contribution in [-0.2, 0) is 4.79 Å². The Morgan fingerprint density at radius 1 is 1.04 bits per heavy atom. The highest BCUT2D eigenvalue weighted by Crippen LogP contribution is 2.28. The molecular weight excluding hydrogens is 349 g/mol. The van der Waals surface area contributed by atoms with E-state index in [2.05, 4.69) is 0 Å². The molecule has 0 unspecified atom stereocenters. The first-order chi connectivity index (χ1) is 12.3. The summed E-state index contributed by atoms with van der Waals surface area (Å²) in [6.45, 7) is 1.01. The molecule has 0 radical (unpaired) electrons. The van der Waals surface area contributed by atoms with Crippen LogP contribution in [0, 0.1) is 17.5 Å². The number of aliphatic hydroxyl groups excluding tert-OH is 1. The normalized spacial score (nSPS) is 18.6. The molecule has 1 aliphatic rings. The van der Waals surface area contributed by atoms with Crippen LogP contribution in [0.4, 0.5) is 23.7 Å². The van der Waals surface area contributed by atoms with E-state index in [0.29, 0.717) is 11.8 Å². The first kappa shape index (κ1) is 17.9. The van der Waals surface area contributed by atoms with E-state index in [4.69, 9.17) is 0 Å². The Morgan fingerprint density at radius 3 is 2.27 bits per heavy atom. The SMILES string of the molecule is C[C@H]1C(=O)N(C[C@@H](O)c2ccc(F)cc2F)C(=O)N1c1ccc(F)cc1. The second-order valence-corrected chi connectivity index (χ2v) is 5.94. The third-order valence-corrected chi connectivity index (χ3v) is 4.23. The number of urea groups is 1. The maximum atomic E-state index is 13.8. The Kier molecular flexibility index (Phi) is 4.69. The van der Waals surface area contributed by atoms with Crippen molar-refractivity contribution in [2.75, 3.05) is 11.4 Å². The molecule has 1 heterocycles. The predicted octanol–water partition coefficient (Wildman–Crippen LogP) is 2.99. The van der Waals surface area contributed by atoms with Crippen LogP contribution in [0.3, 0.4) is 0 Å².